The molecule has 0 radical (unpaired) electrons. The fourth-order valence-electron chi connectivity index (χ4n) is 2.60. The summed E-state index contributed by atoms with van der Waals surface area (Å²) in [5, 5.41) is 3.49. The molecule has 0 spiro atoms. The summed E-state index contributed by atoms with van der Waals surface area (Å²) in [5.41, 5.74) is 0. The molecule has 0 aromatic rings. The quantitative estimate of drug-likeness (QED) is 0.588. The summed E-state index contributed by atoms with van der Waals surface area (Å²) in [6.45, 7) is 6.56. The number of nitrogens with one attached hydrogen (secondary N) is 1. The van der Waals surface area contributed by atoms with E-state index in [1.54, 1.807) is 0 Å². The zero-order valence-electron chi connectivity index (χ0n) is 12.5. The Balaban J connectivity index is 1.78. The van der Waals surface area contributed by atoms with Gasteiger partial charge < -0.3 is 10.1 Å². The van der Waals surface area contributed by atoms with Crippen molar-refractivity contribution in [2.75, 3.05) is 13.2 Å². The first-order chi connectivity index (χ1) is 8.83. The third kappa shape index (κ3) is 8.10. The molecule has 1 aliphatic heterocycles. The van der Waals surface area contributed by atoms with E-state index >= 15 is 0 Å². The van der Waals surface area contributed by atoms with Crippen LogP contribution >= 0.6 is 0 Å². The molecule has 1 saturated heterocycles. The highest BCUT2D eigenvalue weighted by atomic mass is 16.5. The molecule has 2 nitrogen and oxygen atoms in total. The molecule has 0 aliphatic carbocycles. The van der Waals surface area contributed by atoms with Gasteiger partial charge in [0.15, 0.2) is 0 Å². The Kier molecular flexibility index (Phi) is 9.59. The van der Waals surface area contributed by atoms with Crippen molar-refractivity contribution in [3.8, 4) is 0 Å². The Bertz CT molecular complexity index is 176. The summed E-state index contributed by atoms with van der Waals surface area (Å²) >= 11 is 0. The van der Waals surface area contributed by atoms with E-state index in [2.05, 4.69) is 19.2 Å². The molecule has 0 saturated carbocycles. The maximum absolute atomic E-state index is 5.91. The number of hydrogen-bond donors (Lipinski definition) is 1. The van der Waals surface area contributed by atoms with Gasteiger partial charge in [0, 0.05) is 19.2 Å². The van der Waals surface area contributed by atoms with Gasteiger partial charge in [-0.3, -0.25) is 0 Å². The van der Waals surface area contributed by atoms with E-state index in [0.29, 0.717) is 12.1 Å². The van der Waals surface area contributed by atoms with Crippen LogP contribution < -0.4 is 5.32 Å². The highest BCUT2D eigenvalue weighted by Gasteiger charge is 2.17. The third-order valence-corrected chi connectivity index (χ3v) is 3.97. The van der Waals surface area contributed by atoms with Crippen molar-refractivity contribution < 1.29 is 4.74 Å². The number of ether oxygens (including phenoxy) is 1. The average Bonchev–Trinajstić information content (AvgIpc) is 2.39. The van der Waals surface area contributed by atoms with Crippen LogP contribution in [0.25, 0.3) is 0 Å². The molecule has 1 fully saturated rings. The Morgan fingerprint density at radius 3 is 2.22 bits per heavy atom. The van der Waals surface area contributed by atoms with Crippen LogP contribution in [0.1, 0.15) is 78.1 Å². The molecule has 1 N–H and O–H groups in total. The monoisotopic (exact) mass is 255 g/mol. The molecule has 2 heteroatoms. The molecule has 1 rings (SSSR count). The highest BCUT2D eigenvalue weighted by molar-refractivity contribution is 4.74. The lowest BCUT2D eigenvalue weighted by atomic mass is 10.0. The Hall–Kier alpha value is -0.0800. The molecular formula is C16H33NO. The fraction of sp³-hybridized carbons (Fsp3) is 1.00. The number of unbranched alkanes of at least 4 members (excludes halogenated alkanes) is 7. The summed E-state index contributed by atoms with van der Waals surface area (Å²) in [4.78, 5) is 0. The van der Waals surface area contributed by atoms with Crippen LogP contribution in [0.5, 0.6) is 0 Å². The molecule has 0 aromatic carbocycles. The first-order valence-corrected chi connectivity index (χ1v) is 8.18. The molecule has 1 heterocycles. The number of hydrogen-bond acceptors (Lipinski definition) is 2. The SMILES string of the molecule is CCCCCCCCCCOC1CCC(C)NC1. The zero-order chi connectivity index (χ0) is 13.1. The van der Waals surface area contributed by atoms with Gasteiger partial charge in [0.25, 0.3) is 0 Å². The highest BCUT2D eigenvalue weighted by Crippen LogP contribution is 2.12. The van der Waals surface area contributed by atoms with Crippen molar-refractivity contribution in [3.05, 3.63) is 0 Å². The number of piperidine rings is 1. The van der Waals surface area contributed by atoms with E-state index in [4.69, 9.17) is 4.74 Å². The van der Waals surface area contributed by atoms with Crippen LogP contribution in [0.3, 0.4) is 0 Å². The lowest BCUT2D eigenvalue weighted by Crippen LogP contribution is -2.41. The lowest BCUT2D eigenvalue weighted by molar-refractivity contribution is 0.0286. The van der Waals surface area contributed by atoms with E-state index in [-0.39, 0.29) is 0 Å². The fourth-order valence-corrected chi connectivity index (χ4v) is 2.60. The van der Waals surface area contributed by atoms with Gasteiger partial charge in [-0.15, -0.1) is 0 Å². The van der Waals surface area contributed by atoms with E-state index in [1.165, 1.54) is 64.2 Å². The van der Waals surface area contributed by atoms with Crippen LogP contribution in [0.4, 0.5) is 0 Å². The second kappa shape index (κ2) is 10.8. The molecule has 1 aliphatic rings. The van der Waals surface area contributed by atoms with Gasteiger partial charge in [0.2, 0.25) is 0 Å². The van der Waals surface area contributed by atoms with Gasteiger partial charge in [0.05, 0.1) is 6.10 Å². The van der Waals surface area contributed by atoms with Gasteiger partial charge in [-0.2, -0.15) is 0 Å². The molecule has 2 atom stereocenters. The summed E-state index contributed by atoms with van der Waals surface area (Å²) in [6.07, 6.45) is 14.0. The summed E-state index contributed by atoms with van der Waals surface area (Å²) in [5.74, 6) is 0. The number of rotatable bonds is 10. The average molecular weight is 255 g/mol. The van der Waals surface area contributed by atoms with E-state index in [1.807, 2.05) is 0 Å². The minimum Gasteiger partial charge on any atom is -0.377 e. The molecular weight excluding hydrogens is 222 g/mol. The Morgan fingerprint density at radius 1 is 0.944 bits per heavy atom. The predicted octanol–water partition coefficient (Wildman–Crippen LogP) is 4.28. The minimum atomic E-state index is 0.478. The van der Waals surface area contributed by atoms with Crippen LogP contribution in [0, 0.1) is 0 Å². The van der Waals surface area contributed by atoms with E-state index in [9.17, 15) is 0 Å². The molecule has 0 amide bonds. The molecule has 108 valence electrons. The van der Waals surface area contributed by atoms with Gasteiger partial charge in [0.1, 0.15) is 0 Å². The van der Waals surface area contributed by atoms with Gasteiger partial charge >= 0.3 is 0 Å². The standard InChI is InChI=1S/C16H33NO/c1-3-4-5-6-7-8-9-10-13-18-16-12-11-15(2)17-14-16/h15-17H,3-14H2,1-2H3. The first kappa shape index (κ1) is 16.0. The second-order valence-corrected chi connectivity index (χ2v) is 5.85. The van der Waals surface area contributed by atoms with Crippen LogP contribution in [0.15, 0.2) is 0 Å². The van der Waals surface area contributed by atoms with Crippen molar-refractivity contribution in [2.45, 2.75) is 90.2 Å². The summed E-state index contributed by atoms with van der Waals surface area (Å²) in [7, 11) is 0. The predicted molar refractivity (Wildman–Crippen MR) is 79.0 cm³/mol. The topological polar surface area (TPSA) is 21.3 Å². The van der Waals surface area contributed by atoms with Crippen LogP contribution in [-0.2, 0) is 4.74 Å². The molecule has 0 aromatic heterocycles. The van der Waals surface area contributed by atoms with E-state index < -0.39 is 0 Å². The Labute approximate surface area is 114 Å². The van der Waals surface area contributed by atoms with Gasteiger partial charge in [-0.25, -0.2) is 0 Å². The van der Waals surface area contributed by atoms with Gasteiger partial charge in [-0.1, -0.05) is 51.9 Å². The van der Waals surface area contributed by atoms with Crippen molar-refractivity contribution in [3.63, 3.8) is 0 Å². The summed E-state index contributed by atoms with van der Waals surface area (Å²) in [6, 6.07) is 0.688. The smallest absolute Gasteiger partial charge is 0.0700 e. The second-order valence-electron chi connectivity index (χ2n) is 5.85. The zero-order valence-corrected chi connectivity index (χ0v) is 12.5. The van der Waals surface area contributed by atoms with E-state index in [0.717, 1.165) is 13.2 Å². The molecule has 0 bridgehead atoms. The maximum Gasteiger partial charge on any atom is 0.0700 e. The largest absolute Gasteiger partial charge is 0.377 e. The molecule has 18 heavy (non-hydrogen) atoms. The van der Waals surface area contributed by atoms with Crippen LogP contribution in [0.2, 0.25) is 0 Å². The van der Waals surface area contributed by atoms with Gasteiger partial charge in [-0.05, 0) is 26.2 Å². The minimum absolute atomic E-state index is 0.478. The van der Waals surface area contributed by atoms with Crippen molar-refractivity contribution in [1.29, 1.82) is 0 Å². The maximum atomic E-state index is 5.91. The van der Waals surface area contributed by atoms with Crippen molar-refractivity contribution >= 4 is 0 Å². The normalized spacial score (nSPS) is 24.3. The molecule has 2 unspecified atom stereocenters. The van der Waals surface area contributed by atoms with Crippen molar-refractivity contribution in [2.24, 2.45) is 0 Å². The third-order valence-electron chi connectivity index (χ3n) is 3.97. The Morgan fingerprint density at radius 2 is 1.61 bits per heavy atom. The first-order valence-electron chi connectivity index (χ1n) is 8.18. The van der Waals surface area contributed by atoms with Crippen LogP contribution in [-0.4, -0.2) is 25.3 Å². The lowest BCUT2D eigenvalue weighted by Gasteiger charge is -2.27. The van der Waals surface area contributed by atoms with Crippen molar-refractivity contribution in [1.82, 2.24) is 5.32 Å². The summed E-state index contributed by atoms with van der Waals surface area (Å²) < 4.78 is 5.91.